The summed E-state index contributed by atoms with van der Waals surface area (Å²) in [7, 11) is 2.01. The Balaban J connectivity index is 1.89. The Kier molecular flexibility index (Phi) is 4.43. The first kappa shape index (κ1) is 12.9. The number of carbonyl (C=O) groups excluding carboxylic acids is 1. The molecule has 3 nitrogen and oxygen atoms in total. The maximum absolute atomic E-state index is 12.4. The molecule has 0 aromatic carbocycles. The van der Waals surface area contributed by atoms with Gasteiger partial charge in [-0.2, -0.15) is 0 Å². The van der Waals surface area contributed by atoms with Crippen molar-refractivity contribution in [3.8, 4) is 0 Å². The Bertz CT molecular complexity index is 261. The van der Waals surface area contributed by atoms with Crippen LogP contribution < -0.4 is 5.32 Å². The zero-order valence-electron chi connectivity index (χ0n) is 11.2. The lowest BCUT2D eigenvalue weighted by molar-refractivity contribution is -0.137. The number of nitrogens with zero attached hydrogens (tertiary/aromatic N) is 1. The predicted molar refractivity (Wildman–Crippen MR) is 69.8 cm³/mol. The van der Waals surface area contributed by atoms with E-state index in [-0.39, 0.29) is 5.92 Å². The molecule has 1 aliphatic carbocycles. The van der Waals surface area contributed by atoms with Gasteiger partial charge in [-0.3, -0.25) is 4.79 Å². The van der Waals surface area contributed by atoms with Gasteiger partial charge < -0.3 is 10.2 Å². The van der Waals surface area contributed by atoms with Gasteiger partial charge in [-0.25, -0.2) is 0 Å². The predicted octanol–water partition coefficient (Wildman–Crippen LogP) is 2.02. The zero-order chi connectivity index (χ0) is 12.3. The fourth-order valence-corrected chi connectivity index (χ4v) is 3.28. The van der Waals surface area contributed by atoms with E-state index in [0.29, 0.717) is 11.9 Å². The monoisotopic (exact) mass is 238 g/mol. The Morgan fingerprint density at radius 3 is 2.71 bits per heavy atom. The van der Waals surface area contributed by atoms with Gasteiger partial charge in [-0.1, -0.05) is 19.8 Å². The number of piperidine rings is 1. The summed E-state index contributed by atoms with van der Waals surface area (Å²) in [5, 5.41) is 3.33. The number of amides is 1. The number of hydrogen-bond donors (Lipinski definition) is 1. The highest BCUT2D eigenvalue weighted by Crippen LogP contribution is 2.28. The molecular weight excluding hydrogens is 212 g/mol. The van der Waals surface area contributed by atoms with Crippen LogP contribution in [0.15, 0.2) is 0 Å². The van der Waals surface area contributed by atoms with Gasteiger partial charge in [-0.15, -0.1) is 0 Å². The number of nitrogens with one attached hydrogen (secondary N) is 1. The van der Waals surface area contributed by atoms with Crippen LogP contribution >= 0.6 is 0 Å². The molecule has 0 radical (unpaired) electrons. The van der Waals surface area contributed by atoms with Crippen LogP contribution in [-0.4, -0.2) is 37.0 Å². The molecule has 2 fully saturated rings. The molecule has 2 rings (SSSR count). The number of hydrogen-bond acceptors (Lipinski definition) is 2. The highest BCUT2D eigenvalue weighted by molar-refractivity contribution is 5.79. The average molecular weight is 238 g/mol. The van der Waals surface area contributed by atoms with Crippen molar-refractivity contribution in [2.24, 2.45) is 11.8 Å². The molecule has 0 spiro atoms. The summed E-state index contributed by atoms with van der Waals surface area (Å²) in [4.78, 5) is 14.4. The van der Waals surface area contributed by atoms with Gasteiger partial charge >= 0.3 is 0 Å². The van der Waals surface area contributed by atoms with Gasteiger partial charge in [0.2, 0.25) is 5.91 Å². The molecule has 3 atom stereocenters. The van der Waals surface area contributed by atoms with Crippen molar-refractivity contribution in [2.45, 2.75) is 51.5 Å². The summed E-state index contributed by atoms with van der Waals surface area (Å²) in [5.41, 5.74) is 0. The van der Waals surface area contributed by atoms with Crippen molar-refractivity contribution in [2.75, 3.05) is 20.1 Å². The maximum Gasteiger partial charge on any atom is 0.226 e. The normalized spacial score (nSPS) is 34.4. The molecule has 0 aromatic heterocycles. The van der Waals surface area contributed by atoms with Crippen molar-refractivity contribution in [3.63, 3.8) is 0 Å². The smallest absolute Gasteiger partial charge is 0.226 e. The number of rotatable bonds is 2. The average Bonchev–Trinajstić information content (AvgIpc) is 2.38. The molecular formula is C14H26N2O. The molecule has 0 aromatic rings. The first-order valence-electron chi connectivity index (χ1n) is 7.16. The molecule has 0 bridgehead atoms. The van der Waals surface area contributed by atoms with Crippen LogP contribution in [0.2, 0.25) is 0 Å². The quantitative estimate of drug-likeness (QED) is 0.798. The molecule has 1 amide bonds. The highest BCUT2D eigenvalue weighted by Gasteiger charge is 2.30. The third-order valence-corrected chi connectivity index (χ3v) is 4.45. The van der Waals surface area contributed by atoms with Crippen LogP contribution in [0.25, 0.3) is 0 Å². The largest absolute Gasteiger partial charge is 0.342 e. The minimum atomic E-state index is 0.228. The summed E-state index contributed by atoms with van der Waals surface area (Å²) in [6, 6.07) is 0.494. The molecule has 2 aliphatic rings. The third kappa shape index (κ3) is 3.21. The van der Waals surface area contributed by atoms with Crippen LogP contribution in [0.4, 0.5) is 0 Å². The molecule has 1 aliphatic heterocycles. The van der Waals surface area contributed by atoms with Gasteiger partial charge in [-0.05, 0) is 38.1 Å². The first-order valence-corrected chi connectivity index (χ1v) is 7.16. The Morgan fingerprint density at radius 1 is 1.24 bits per heavy atom. The van der Waals surface area contributed by atoms with Crippen molar-refractivity contribution < 1.29 is 4.79 Å². The lowest BCUT2D eigenvalue weighted by Gasteiger charge is -2.36. The van der Waals surface area contributed by atoms with E-state index in [4.69, 9.17) is 0 Å². The van der Waals surface area contributed by atoms with E-state index >= 15 is 0 Å². The van der Waals surface area contributed by atoms with Crippen LogP contribution in [0.3, 0.4) is 0 Å². The van der Waals surface area contributed by atoms with Gasteiger partial charge in [0.15, 0.2) is 0 Å². The molecule has 98 valence electrons. The lowest BCUT2D eigenvalue weighted by Crippen LogP contribution is -2.46. The second-order valence-electron chi connectivity index (χ2n) is 5.92. The number of carbonyl (C=O) groups is 1. The van der Waals surface area contributed by atoms with Crippen molar-refractivity contribution in [1.82, 2.24) is 10.2 Å². The van der Waals surface area contributed by atoms with Gasteiger partial charge in [0.1, 0.15) is 0 Å². The molecule has 3 heteroatoms. The van der Waals surface area contributed by atoms with Crippen molar-refractivity contribution in [3.05, 3.63) is 0 Å². The van der Waals surface area contributed by atoms with Crippen LogP contribution in [-0.2, 0) is 4.79 Å². The molecule has 17 heavy (non-hydrogen) atoms. The van der Waals surface area contributed by atoms with E-state index in [1.54, 1.807) is 0 Å². The van der Waals surface area contributed by atoms with E-state index in [9.17, 15) is 4.79 Å². The molecule has 2 unspecified atom stereocenters. The lowest BCUT2D eigenvalue weighted by atomic mass is 9.85. The first-order chi connectivity index (χ1) is 8.18. The minimum absolute atomic E-state index is 0.228. The molecule has 1 N–H and O–H groups in total. The Labute approximate surface area is 105 Å². The van der Waals surface area contributed by atoms with E-state index in [2.05, 4.69) is 12.2 Å². The highest BCUT2D eigenvalue weighted by atomic mass is 16.2. The fourth-order valence-electron chi connectivity index (χ4n) is 3.28. The SMILES string of the molecule is CC1CCCC(N(C)C(=O)[C@@H]2CCCNC2)C1. The van der Waals surface area contributed by atoms with Crippen LogP contribution in [0, 0.1) is 11.8 Å². The van der Waals surface area contributed by atoms with E-state index in [1.165, 1.54) is 25.7 Å². The molecule has 1 saturated carbocycles. The second kappa shape index (κ2) is 5.85. The summed E-state index contributed by atoms with van der Waals surface area (Å²) in [6.45, 7) is 4.27. The van der Waals surface area contributed by atoms with Gasteiger partial charge in [0.25, 0.3) is 0 Å². The fraction of sp³-hybridized carbons (Fsp3) is 0.929. The standard InChI is InChI=1S/C14H26N2O/c1-11-5-3-7-13(9-11)16(2)14(17)12-6-4-8-15-10-12/h11-13,15H,3-10H2,1-2H3/t11?,12-,13?/m1/s1. The Morgan fingerprint density at radius 2 is 2.06 bits per heavy atom. The van der Waals surface area contributed by atoms with Gasteiger partial charge in [0, 0.05) is 19.6 Å². The molecule has 1 heterocycles. The van der Waals surface area contributed by atoms with Crippen molar-refractivity contribution in [1.29, 1.82) is 0 Å². The molecule has 1 saturated heterocycles. The van der Waals surface area contributed by atoms with E-state index < -0.39 is 0 Å². The third-order valence-electron chi connectivity index (χ3n) is 4.45. The van der Waals surface area contributed by atoms with Crippen LogP contribution in [0.1, 0.15) is 45.4 Å². The summed E-state index contributed by atoms with van der Waals surface area (Å²) in [5.74, 6) is 1.38. The zero-order valence-corrected chi connectivity index (χ0v) is 11.2. The van der Waals surface area contributed by atoms with E-state index in [1.807, 2.05) is 11.9 Å². The van der Waals surface area contributed by atoms with Gasteiger partial charge in [0.05, 0.1) is 5.92 Å². The Hall–Kier alpha value is -0.570. The summed E-state index contributed by atoms with van der Waals surface area (Å²) in [6.07, 6.45) is 7.23. The van der Waals surface area contributed by atoms with Crippen LogP contribution in [0.5, 0.6) is 0 Å². The van der Waals surface area contributed by atoms with E-state index in [0.717, 1.165) is 31.8 Å². The maximum atomic E-state index is 12.4. The van der Waals surface area contributed by atoms with Crippen molar-refractivity contribution >= 4 is 5.91 Å². The second-order valence-corrected chi connectivity index (χ2v) is 5.92. The summed E-state index contributed by atoms with van der Waals surface area (Å²) >= 11 is 0. The minimum Gasteiger partial charge on any atom is -0.342 e. The summed E-state index contributed by atoms with van der Waals surface area (Å²) < 4.78 is 0. The topological polar surface area (TPSA) is 32.3 Å².